The third-order valence-corrected chi connectivity index (χ3v) is 6.73. The van der Waals surface area contributed by atoms with Crippen LogP contribution in [0.25, 0.3) is 22.0 Å². The van der Waals surface area contributed by atoms with Crippen molar-refractivity contribution >= 4 is 22.7 Å². The fraction of sp³-hybridized carbons (Fsp3) is 0.321. The Morgan fingerprint density at radius 1 is 1.05 bits per heavy atom. The zero-order valence-electron chi connectivity index (χ0n) is 21.6. The molecule has 8 nitrogen and oxygen atoms in total. The minimum atomic E-state index is -4.64. The van der Waals surface area contributed by atoms with E-state index >= 15 is 0 Å². The highest BCUT2D eigenvalue weighted by Gasteiger charge is 2.52. The van der Waals surface area contributed by atoms with Crippen LogP contribution in [-0.2, 0) is 15.7 Å². The molecule has 0 saturated heterocycles. The number of ether oxygens (including phenoxy) is 2. The average Bonchev–Trinajstić information content (AvgIpc) is 3.73. The van der Waals surface area contributed by atoms with E-state index in [9.17, 15) is 22.4 Å². The molecule has 2 heterocycles. The predicted molar refractivity (Wildman–Crippen MR) is 138 cm³/mol. The first-order valence-corrected chi connectivity index (χ1v) is 12.6. The lowest BCUT2D eigenvalue weighted by molar-refractivity contribution is -0.151. The number of esters is 1. The van der Waals surface area contributed by atoms with E-state index in [-0.39, 0.29) is 25.0 Å². The first kappa shape index (κ1) is 27.2. The molecule has 1 N–H and O–H groups in total. The number of halogens is 4. The summed E-state index contributed by atoms with van der Waals surface area (Å²) in [5, 5.41) is 3.75. The lowest BCUT2D eigenvalue weighted by atomic mass is 10.0. The molecule has 2 aromatic heterocycles. The summed E-state index contributed by atoms with van der Waals surface area (Å²) in [7, 11) is 0. The number of rotatable bonds is 9. The van der Waals surface area contributed by atoms with E-state index in [0.29, 0.717) is 52.0 Å². The Bertz CT molecular complexity index is 1520. The zero-order chi connectivity index (χ0) is 28.5. The SMILES string of the molecule is CCOC(=O)C1(COc2cc(-c3ccc(F)cc3)cc3c(N[C@H](C)c4cnc(C(F)(F)F)nc4)ncnc23)CC1. The molecule has 2 aromatic carbocycles. The molecule has 1 fully saturated rings. The summed E-state index contributed by atoms with van der Waals surface area (Å²) in [6.45, 7) is 3.85. The van der Waals surface area contributed by atoms with Crippen molar-refractivity contribution in [3.8, 4) is 16.9 Å². The highest BCUT2D eigenvalue weighted by atomic mass is 19.4. The van der Waals surface area contributed by atoms with Crippen LogP contribution in [0.1, 0.15) is 44.1 Å². The third-order valence-electron chi connectivity index (χ3n) is 6.73. The monoisotopic (exact) mass is 555 g/mol. The van der Waals surface area contributed by atoms with E-state index in [2.05, 4.69) is 25.3 Å². The fourth-order valence-corrected chi connectivity index (χ4v) is 4.22. The van der Waals surface area contributed by atoms with Crippen molar-refractivity contribution in [3.05, 3.63) is 72.3 Å². The summed E-state index contributed by atoms with van der Waals surface area (Å²) in [6.07, 6.45) is 0.215. The number of hydrogen-bond acceptors (Lipinski definition) is 8. The van der Waals surface area contributed by atoms with E-state index in [1.54, 1.807) is 32.0 Å². The summed E-state index contributed by atoms with van der Waals surface area (Å²) in [5.74, 6) is -1.14. The highest BCUT2D eigenvalue weighted by Crippen LogP contribution is 2.47. The summed E-state index contributed by atoms with van der Waals surface area (Å²) >= 11 is 0. The molecule has 12 heteroatoms. The van der Waals surface area contributed by atoms with E-state index in [1.165, 1.54) is 18.5 Å². The zero-order valence-corrected chi connectivity index (χ0v) is 21.6. The van der Waals surface area contributed by atoms with Gasteiger partial charge in [-0.1, -0.05) is 12.1 Å². The van der Waals surface area contributed by atoms with Gasteiger partial charge in [0.1, 0.15) is 41.3 Å². The van der Waals surface area contributed by atoms with Crippen LogP contribution in [0.5, 0.6) is 5.75 Å². The standard InChI is InChI=1S/C28H25F4N5O3/c1-3-39-26(38)27(8-9-27)14-40-22-11-18(17-4-6-20(29)7-5-17)10-21-23(22)35-15-36-24(21)37-16(2)19-12-33-25(34-13-19)28(30,31)32/h4-7,10-13,15-16H,3,8-9,14H2,1-2H3,(H,35,36,37)/t16-/m1/s1. The van der Waals surface area contributed by atoms with E-state index < -0.39 is 23.5 Å². The number of carbonyl (C=O) groups excluding carboxylic acids is 1. The van der Waals surface area contributed by atoms with Crippen LogP contribution < -0.4 is 10.1 Å². The normalized spacial score (nSPS) is 14.9. The highest BCUT2D eigenvalue weighted by molar-refractivity contribution is 5.96. The first-order chi connectivity index (χ1) is 19.1. The van der Waals surface area contributed by atoms with Crippen molar-refractivity contribution in [1.29, 1.82) is 0 Å². The van der Waals surface area contributed by atoms with Crippen molar-refractivity contribution in [2.75, 3.05) is 18.5 Å². The Morgan fingerprint density at radius 2 is 1.75 bits per heavy atom. The van der Waals surface area contributed by atoms with E-state index in [1.807, 2.05) is 6.07 Å². The number of carbonyl (C=O) groups is 1. The lowest BCUT2D eigenvalue weighted by Crippen LogP contribution is -2.25. The maximum atomic E-state index is 13.6. The molecule has 5 rings (SSSR count). The Morgan fingerprint density at radius 3 is 2.38 bits per heavy atom. The van der Waals surface area contributed by atoms with Crippen LogP contribution in [0, 0.1) is 11.2 Å². The molecule has 1 aliphatic rings. The van der Waals surface area contributed by atoms with Crippen LogP contribution in [-0.4, -0.2) is 39.1 Å². The van der Waals surface area contributed by atoms with Gasteiger partial charge in [-0.3, -0.25) is 4.79 Å². The second-order valence-corrected chi connectivity index (χ2v) is 9.59. The first-order valence-electron chi connectivity index (χ1n) is 12.6. The van der Waals surface area contributed by atoms with Crippen molar-refractivity contribution in [1.82, 2.24) is 19.9 Å². The van der Waals surface area contributed by atoms with Crippen LogP contribution >= 0.6 is 0 Å². The van der Waals surface area contributed by atoms with Gasteiger partial charge in [0.2, 0.25) is 5.82 Å². The summed E-state index contributed by atoms with van der Waals surface area (Å²) < 4.78 is 63.7. The summed E-state index contributed by atoms with van der Waals surface area (Å²) in [5.41, 5.74) is 1.56. The minimum Gasteiger partial charge on any atom is -0.490 e. The topological polar surface area (TPSA) is 99.1 Å². The molecule has 0 bridgehead atoms. The predicted octanol–water partition coefficient (Wildman–Crippen LogP) is 6.14. The quantitative estimate of drug-likeness (QED) is 0.194. The smallest absolute Gasteiger partial charge is 0.451 e. The number of fused-ring (bicyclic) bond motifs is 1. The largest absolute Gasteiger partial charge is 0.490 e. The van der Waals surface area contributed by atoms with Gasteiger partial charge in [0, 0.05) is 23.3 Å². The number of nitrogens with zero attached hydrogens (tertiary/aromatic N) is 4. The van der Waals surface area contributed by atoms with Gasteiger partial charge in [-0.05, 0) is 62.1 Å². The van der Waals surface area contributed by atoms with Crippen molar-refractivity contribution < 1.29 is 31.8 Å². The molecule has 0 unspecified atom stereocenters. The molecule has 4 aromatic rings. The van der Waals surface area contributed by atoms with Crippen molar-refractivity contribution in [2.45, 2.75) is 38.9 Å². The maximum Gasteiger partial charge on any atom is 0.451 e. The molecular weight excluding hydrogens is 530 g/mol. The molecule has 0 amide bonds. The van der Waals surface area contributed by atoms with Crippen molar-refractivity contribution in [2.24, 2.45) is 5.41 Å². The second-order valence-electron chi connectivity index (χ2n) is 9.59. The second kappa shape index (κ2) is 10.7. The van der Waals surface area contributed by atoms with Crippen molar-refractivity contribution in [3.63, 3.8) is 0 Å². The summed E-state index contributed by atoms with van der Waals surface area (Å²) in [6, 6.07) is 8.99. The van der Waals surface area contributed by atoms with Crippen LogP contribution in [0.2, 0.25) is 0 Å². The average molecular weight is 556 g/mol. The molecule has 0 aliphatic heterocycles. The van der Waals surface area contributed by atoms with Gasteiger partial charge < -0.3 is 14.8 Å². The Hall–Kier alpha value is -4.35. The minimum absolute atomic E-state index is 0.0971. The number of aromatic nitrogens is 4. The molecule has 1 saturated carbocycles. The lowest BCUT2D eigenvalue weighted by Gasteiger charge is -2.19. The Labute approximate surface area is 226 Å². The van der Waals surface area contributed by atoms with Gasteiger partial charge in [-0.15, -0.1) is 0 Å². The van der Waals surface area contributed by atoms with E-state index in [4.69, 9.17) is 9.47 Å². The number of anilines is 1. The van der Waals surface area contributed by atoms with Gasteiger partial charge in [-0.2, -0.15) is 13.2 Å². The Balaban J connectivity index is 1.50. The van der Waals surface area contributed by atoms with Gasteiger partial charge in [-0.25, -0.2) is 24.3 Å². The van der Waals surface area contributed by atoms with Gasteiger partial charge >= 0.3 is 12.1 Å². The number of alkyl halides is 3. The molecular formula is C28H25F4N5O3. The molecule has 208 valence electrons. The molecule has 1 aliphatic carbocycles. The van der Waals surface area contributed by atoms with Gasteiger partial charge in [0.15, 0.2) is 0 Å². The van der Waals surface area contributed by atoms with E-state index in [0.717, 1.165) is 12.4 Å². The number of benzene rings is 2. The molecule has 0 radical (unpaired) electrons. The fourth-order valence-electron chi connectivity index (χ4n) is 4.22. The maximum absolute atomic E-state index is 13.6. The third kappa shape index (κ3) is 5.65. The Kier molecular flexibility index (Phi) is 7.26. The molecule has 40 heavy (non-hydrogen) atoms. The van der Waals surface area contributed by atoms with Gasteiger partial charge in [0.05, 0.1) is 12.6 Å². The van der Waals surface area contributed by atoms with Crippen LogP contribution in [0.3, 0.4) is 0 Å². The molecule has 1 atom stereocenters. The number of nitrogens with one attached hydrogen (secondary N) is 1. The molecule has 0 spiro atoms. The van der Waals surface area contributed by atoms with Crippen LogP contribution in [0.4, 0.5) is 23.4 Å². The summed E-state index contributed by atoms with van der Waals surface area (Å²) in [4.78, 5) is 28.1. The number of hydrogen-bond donors (Lipinski definition) is 1. The van der Waals surface area contributed by atoms with Crippen LogP contribution in [0.15, 0.2) is 55.1 Å². The van der Waals surface area contributed by atoms with Gasteiger partial charge in [0.25, 0.3) is 0 Å².